The molecular weight excluding hydrogens is 442 g/mol. The second-order valence-electron chi connectivity index (χ2n) is 7.40. The molecule has 0 fully saturated rings. The lowest BCUT2D eigenvalue weighted by Crippen LogP contribution is -2.34. The van der Waals surface area contributed by atoms with Crippen molar-refractivity contribution in [2.24, 2.45) is 0 Å². The monoisotopic (exact) mass is 467 g/mol. The molecule has 33 heavy (non-hydrogen) atoms. The second kappa shape index (κ2) is 10.4. The highest BCUT2D eigenvalue weighted by Gasteiger charge is 2.32. The summed E-state index contributed by atoms with van der Waals surface area (Å²) in [6, 6.07) is 20.6. The number of esters is 1. The van der Waals surface area contributed by atoms with Crippen LogP contribution in [0.1, 0.15) is 51.2 Å². The van der Waals surface area contributed by atoms with Crippen molar-refractivity contribution in [3.05, 3.63) is 101 Å². The zero-order valence-corrected chi connectivity index (χ0v) is 19.2. The molecule has 0 aliphatic rings. The summed E-state index contributed by atoms with van der Waals surface area (Å²) in [6.07, 6.45) is 0.525. The van der Waals surface area contributed by atoms with Gasteiger partial charge in [-0.05, 0) is 53.9 Å². The van der Waals surface area contributed by atoms with Gasteiger partial charge < -0.3 is 9.84 Å². The second-order valence-corrected chi connectivity index (χ2v) is 9.29. The molecule has 0 aliphatic carbocycles. The minimum absolute atomic E-state index is 0.0479. The predicted molar refractivity (Wildman–Crippen MR) is 123 cm³/mol. The minimum Gasteiger partial charge on any atom is -0.478 e. The van der Waals surface area contributed by atoms with Crippen molar-refractivity contribution in [3.8, 4) is 0 Å². The summed E-state index contributed by atoms with van der Waals surface area (Å²) in [6.45, 7) is 1.96. The quantitative estimate of drug-likeness (QED) is 0.465. The summed E-state index contributed by atoms with van der Waals surface area (Å²) in [7, 11) is -2.71. The average Bonchev–Trinajstić information content (AvgIpc) is 2.84. The van der Waals surface area contributed by atoms with Gasteiger partial charge in [0.2, 0.25) is 10.0 Å². The normalized spacial score (nSPS) is 12.3. The van der Waals surface area contributed by atoms with Crippen molar-refractivity contribution < 1.29 is 27.9 Å². The van der Waals surface area contributed by atoms with Gasteiger partial charge in [0.05, 0.1) is 29.2 Å². The molecule has 8 heteroatoms. The van der Waals surface area contributed by atoms with Crippen LogP contribution in [0.2, 0.25) is 0 Å². The van der Waals surface area contributed by atoms with Gasteiger partial charge in [-0.15, -0.1) is 0 Å². The third kappa shape index (κ3) is 5.47. The van der Waals surface area contributed by atoms with E-state index in [-0.39, 0.29) is 22.6 Å². The number of carbonyl (C=O) groups is 2. The molecule has 0 spiro atoms. The standard InChI is InChI=1S/C25H25NO6S/c1-3-23(19-7-5-4-6-8-19)26(17-18-9-11-20(12-10-18)24(27)28)33(30,31)22-15-13-21(14-16-22)25(29)32-2/h4-16,23H,3,17H2,1-2H3,(H,27,28). The smallest absolute Gasteiger partial charge is 0.337 e. The van der Waals surface area contributed by atoms with Gasteiger partial charge in [-0.2, -0.15) is 4.31 Å². The van der Waals surface area contributed by atoms with Gasteiger partial charge in [0.15, 0.2) is 0 Å². The summed E-state index contributed by atoms with van der Waals surface area (Å²) in [4.78, 5) is 23.0. The Kier molecular flexibility index (Phi) is 7.63. The first-order chi connectivity index (χ1) is 15.8. The van der Waals surface area contributed by atoms with Gasteiger partial charge in [0.1, 0.15) is 0 Å². The highest BCUT2D eigenvalue weighted by Crippen LogP contribution is 2.32. The van der Waals surface area contributed by atoms with Crippen LogP contribution in [0, 0.1) is 0 Å². The zero-order valence-electron chi connectivity index (χ0n) is 18.3. The van der Waals surface area contributed by atoms with Crippen molar-refractivity contribution in [2.45, 2.75) is 30.8 Å². The molecule has 0 amide bonds. The highest BCUT2D eigenvalue weighted by atomic mass is 32.2. The van der Waals surface area contributed by atoms with Gasteiger partial charge in [0.25, 0.3) is 0 Å². The van der Waals surface area contributed by atoms with Crippen molar-refractivity contribution in [3.63, 3.8) is 0 Å². The van der Waals surface area contributed by atoms with Gasteiger partial charge in [0, 0.05) is 6.54 Å². The van der Waals surface area contributed by atoms with E-state index in [1.165, 1.54) is 47.8 Å². The van der Waals surface area contributed by atoms with Crippen LogP contribution in [-0.2, 0) is 21.3 Å². The van der Waals surface area contributed by atoms with E-state index in [0.717, 1.165) is 5.56 Å². The molecule has 0 saturated heterocycles. The summed E-state index contributed by atoms with van der Waals surface area (Å²) in [5.74, 6) is -1.60. The topological polar surface area (TPSA) is 101 Å². The van der Waals surface area contributed by atoms with E-state index in [4.69, 9.17) is 5.11 Å². The van der Waals surface area contributed by atoms with Gasteiger partial charge in [-0.25, -0.2) is 18.0 Å². The van der Waals surface area contributed by atoms with Crippen molar-refractivity contribution in [1.29, 1.82) is 0 Å². The molecule has 3 aromatic carbocycles. The first-order valence-corrected chi connectivity index (χ1v) is 11.8. The van der Waals surface area contributed by atoms with Crippen molar-refractivity contribution in [1.82, 2.24) is 4.31 Å². The van der Waals surface area contributed by atoms with Crippen molar-refractivity contribution in [2.75, 3.05) is 7.11 Å². The van der Waals surface area contributed by atoms with Gasteiger partial charge in [-0.3, -0.25) is 0 Å². The lowest BCUT2D eigenvalue weighted by Gasteiger charge is -2.31. The van der Waals surface area contributed by atoms with Crippen LogP contribution in [0.3, 0.4) is 0 Å². The van der Waals surface area contributed by atoms with Gasteiger partial charge in [-0.1, -0.05) is 49.4 Å². The average molecular weight is 468 g/mol. The number of sulfonamides is 1. The maximum atomic E-state index is 13.8. The van der Waals surface area contributed by atoms with Crippen LogP contribution in [-0.4, -0.2) is 36.9 Å². The molecule has 172 valence electrons. The molecule has 0 aromatic heterocycles. The molecule has 0 bridgehead atoms. The number of benzene rings is 3. The summed E-state index contributed by atoms with van der Waals surface area (Å²) in [5, 5.41) is 9.15. The van der Waals surface area contributed by atoms with Crippen LogP contribution >= 0.6 is 0 Å². The fraction of sp³-hybridized carbons (Fsp3) is 0.200. The number of carboxylic acid groups (broad SMARTS) is 1. The Morgan fingerprint density at radius 2 is 1.48 bits per heavy atom. The van der Waals surface area contributed by atoms with Crippen LogP contribution in [0.25, 0.3) is 0 Å². The first-order valence-electron chi connectivity index (χ1n) is 10.3. The number of nitrogens with zero attached hydrogens (tertiary/aromatic N) is 1. The Bertz CT molecular complexity index is 1210. The number of rotatable bonds is 9. The molecule has 1 atom stereocenters. The maximum Gasteiger partial charge on any atom is 0.337 e. The predicted octanol–water partition coefficient (Wildman–Crippen LogP) is 4.51. The molecule has 0 radical (unpaired) electrons. The lowest BCUT2D eigenvalue weighted by atomic mass is 10.0. The lowest BCUT2D eigenvalue weighted by molar-refractivity contribution is 0.0599. The molecular formula is C25H25NO6S. The molecule has 3 rings (SSSR count). The summed E-state index contributed by atoms with van der Waals surface area (Å²) >= 11 is 0. The Morgan fingerprint density at radius 3 is 2.00 bits per heavy atom. The van der Waals surface area contributed by atoms with E-state index < -0.39 is 28.0 Å². The van der Waals surface area contributed by atoms with Gasteiger partial charge >= 0.3 is 11.9 Å². The number of hydrogen-bond donors (Lipinski definition) is 1. The molecule has 0 saturated carbocycles. The highest BCUT2D eigenvalue weighted by molar-refractivity contribution is 7.89. The first kappa shape index (κ1) is 24.2. The van der Waals surface area contributed by atoms with E-state index in [2.05, 4.69) is 4.74 Å². The van der Waals surface area contributed by atoms with Crippen LogP contribution in [0.4, 0.5) is 0 Å². The van der Waals surface area contributed by atoms with Crippen molar-refractivity contribution >= 4 is 22.0 Å². The number of carbonyl (C=O) groups excluding carboxylic acids is 1. The number of hydrogen-bond acceptors (Lipinski definition) is 5. The Morgan fingerprint density at radius 1 is 0.909 bits per heavy atom. The Balaban J connectivity index is 2.04. The molecule has 7 nitrogen and oxygen atoms in total. The number of methoxy groups -OCH3 is 1. The Labute approximate surface area is 193 Å². The van der Waals surface area contributed by atoms with E-state index in [1.54, 1.807) is 12.1 Å². The number of carboxylic acids is 1. The molecule has 1 N–H and O–H groups in total. The minimum atomic E-state index is -3.97. The van der Waals surface area contributed by atoms with E-state index >= 15 is 0 Å². The molecule has 3 aromatic rings. The SMILES string of the molecule is CCC(c1ccccc1)N(Cc1ccc(C(=O)O)cc1)S(=O)(=O)c1ccc(C(=O)OC)cc1. The third-order valence-corrected chi connectivity index (χ3v) is 7.21. The third-order valence-electron chi connectivity index (χ3n) is 5.34. The largest absolute Gasteiger partial charge is 0.478 e. The van der Waals surface area contributed by atoms with Crippen LogP contribution in [0.5, 0.6) is 0 Å². The Hall–Kier alpha value is -3.49. The number of ether oxygens (including phenoxy) is 1. The number of aromatic carboxylic acids is 1. The molecule has 1 unspecified atom stereocenters. The fourth-order valence-corrected chi connectivity index (χ4v) is 5.27. The van der Waals surface area contributed by atoms with E-state index in [0.29, 0.717) is 12.0 Å². The summed E-state index contributed by atoms with van der Waals surface area (Å²) < 4.78 is 33.6. The van der Waals surface area contributed by atoms with Crippen LogP contribution in [0.15, 0.2) is 83.8 Å². The van der Waals surface area contributed by atoms with Crippen LogP contribution < -0.4 is 0 Å². The fourth-order valence-electron chi connectivity index (χ4n) is 3.59. The maximum absolute atomic E-state index is 13.8. The zero-order chi connectivity index (χ0) is 24.0. The molecule has 0 heterocycles. The van der Waals surface area contributed by atoms with E-state index in [9.17, 15) is 18.0 Å². The summed E-state index contributed by atoms with van der Waals surface area (Å²) in [5.41, 5.74) is 1.88. The molecule has 0 aliphatic heterocycles. The van der Waals surface area contributed by atoms with E-state index in [1.807, 2.05) is 37.3 Å².